The number of hydrogen-bond acceptors (Lipinski definition) is 3. The van der Waals surface area contributed by atoms with Crippen molar-refractivity contribution in [1.29, 1.82) is 0 Å². The van der Waals surface area contributed by atoms with E-state index in [1.165, 1.54) is 25.7 Å². The number of nitrogens with one attached hydrogen (secondary N) is 1. The van der Waals surface area contributed by atoms with Crippen LogP contribution in [0.2, 0.25) is 0 Å². The number of carboxylic acids is 1. The minimum Gasteiger partial charge on any atom is -0.480 e. The first-order chi connectivity index (χ1) is 8.66. The monoisotopic (exact) mass is 259 g/mol. The molecule has 18 heavy (non-hydrogen) atoms. The smallest absolute Gasteiger partial charge is 0.329 e. The molecule has 0 aromatic heterocycles. The van der Waals surface area contributed by atoms with Crippen molar-refractivity contribution in [3.05, 3.63) is 0 Å². The summed E-state index contributed by atoms with van der Waals surface area (Å²) >= 11 is 0. The van der Waals surface area contributed by atoms with Crippen molar-refractivity contribution in [2.24, 2.45) is 0 Å². The van der Waals surface area contributed by atoms with Gasteiger partial charge in [-0.3, -0.25) is 4.79 Å². The summed E-state index contributed by atoms with van der Waals surface area (Å²) in [6, 6.07) is 0. The fraction of sp³-hybridized carbons (Fsp3) is 0.846. The Bertz CT molecular complexity index is 231. The molecule has 0 aromatic carbocycles. The Morgan fingerprint density at radius 1 is 1.11 bits per heavy atom. The predicted octanol–water partition coefficient (Wildman–Crippen LogP) is 1.95. The lowest BCUT2D eigenvalue weighted by atomic mass is 10.1. The molecule has 0 fully saturated rings. The van der Waals surface area contributed by atoms with Crippen LogP contribution in [0.1, 0.15) is 51.9 Å². The molecule has 5 nitrogen and oxygen atoms in total. The van der Waals surface area contributed by atoms with Gasteiger partial charge in [-0.05, 0) is 6.42 Å². The zero-order chi connectivity index (χ0) is 13.6. The Hall–Kier alpha value is -1.10. The number of unbranched alkanes of at least 4 members (excludes halogenated alkanes) is 5. The standard InChI is InChI=1S/C13H25NO4/c1-2-3-4-5-6-7-8-12(15)14-9-10-18-11-13(16)17/h2-11H2,1H3,(H,14,15)(H,16,17). The molecule has 106 valence electrons. The van der Waals surface area contributed by atoms with Crippen molar-refractivity contribution in [2.45, 2.75) is 51.9 Å². The van der Waals surface area contributed by atoms with E-state index in [2.05, 4.69) is 12.2 Å². The van der Waals surface area contributed by atoms with Gasteiger partial charge < -0.3 is 15.2 Å². The number of rotatable bonds is 12. The number of aliphatic carboxylic acids is 1. The van der Waals surface area contributed by atoms with E-state index in [9.17, 15) is 9.59 Å². The molecule has 0 heterocycles. The Kier molecular flexibility index (Phi) is 11.6. The molecule has 0 saturated heterocycles. The molecular weight excluding hydrogens is 234 g/mol. The van der Waals surface area contributed by atoms with Crippen LogP contribution >= 0.6 is 0 Å². The number of carboxylic acid groups (broad SMARTS) is 1. The summed E-state index contributed by atoms with van der Waals surface area (Å²) in [6.07, 6.45) is 7.52. The third-order valence-electron chi connectivity index (χ3n) is 2.55. The Morgan fingerprint density at radius 3 is 2.44 bits per heavy atom. The maximum Gasteiger partial charge on any atom is 0.329 e. The van der Waals surface area contributed by atoms with Crippen LogP contribution in [0.4, 0.5) is 0 Å². The molecule has 0 rings (SSSR count). The van der Waals surface area contributed by atoms with Crippen LogP contribution in [0.3, 0.4) is 0 Å². The maximum atomic E-state index is 11.3. The molecule has 2 N–H and O–H groups in total. The minimum atomic E-state index is -0.992. The first-order valence-corrected chi connectivity index (χ1v) is 6.73. The summed E-state index contributed by atoms with van der Waals surface area (Å²) in [4.78, 5) is 21.5. The Balaban J connectivity index is 3.20. The Morgan fingerprint density at radius 2 is 1.78 bits per heavy atom. The number of hydrogen-bond donors (Lipinski definition) is 2. The second-order valence-electron chi connectivity index (χ2n) is 4.31. The summed E-state index contributed by atoms with van der Waals surface area (Å²) in [6.45, 7) is 2.49. The van der Waals surface area contributed by atoms with E-state index < -0.39 is 5.97 Å². The molecule has 0 atom stereocenters. The van der Waals surface area contributed by atoms with Crippen molar-refractivity contribution in [1.82, 2.24) is 5.32 Å². The molecule has 0 aromatic rings. The highest BCUT2D eigenvalue weighted by Gasteiger charge is 2.01. The highest BCUT2D eigenvalue weighted by molar-refractivity contribution is 5.75. The summed E-state index contributed by atoms with van der Waals surface area (Å²) in [5, 5.41) is 11.0. The van der Waals surface area contributed by atoms with Crippen molar-refractivity contribution in [3.8, 4) is 0 Å². The van der Waals surface area contributed by atoms with Crippen LogP contribution in [0.25, 0.3) is 0 Å². The van der Waals surface area contributed by atoms with Gasteiger partial charge in [0.2, 0.25) is 5.91 Å². The number of ether oxygens (including phenoxy) is 1. The van der Waals surface area contributed by atoms with Gasteiger partial charge in [0.05, 0.1) is 6.61 Å². The molecule has 1 amide bonds. The molecule has 0 aliphatic rings. The van der Waals surface area contributed by atoms with Crippen LogP contribution in [-0.2, 0) is 14.3 Å². The highest BCUT2D eigenvalue weighted by Crippen LogP contribution is 2.06. The van der Waals surface area contributed by atoms with Gasteiger partial charge in [0, 0.05) is 13.0 Å². The van der Waals surface area contributed by atoms with E-state index in [1.807, 2.05) is 0 Å². The maximum absolute atomic E-state index is 11.3. The van der Waals surface area contributed by atoms with Crippen molar-refractivity contribution >= 4 is 11.9 Å². The van der Waals surface area contributed by atoms with E-state index >= 15 is 0 Å². The van der Waals surface area contributed by atoms with Gasteiger partial charge in [0.15, 0.2) is 0 Å². The summed E-state index contributed by atoms with van der Waals surface area (Å²) in [7, 11) is 0. The first kappa shape index (κ1) is 16.9. The van der Waals surface area contributed by atoms with Gasteiger partial charge in [-0.15, -0.1) is 0 Å². The molecular formula is C13H25NO4. The lowest BCUT2D eigenvalue weighted by Crippen LogP contribution is -2.27. The van der Waals surface area contributed by atoms with E-state index in [4.69, 9.17) is 9.84 Å². The summed E-state index contributed by atoms with van der Waals surface area (Å²) < 4.78 is 4.80. The molecule has 0 aliphatic carbocycles. The third-order valence-corrected chi connectivity index (χ3v) is 2.55. The number of carbonyl (C=O) groups excluding carboxylic acids is 1. The van der Waals surface area contributed by atoms with E-state index in [0.717, 1.165) is 12.8 Å². The van der Waals surface area contributed by atoms with Crippen LogP contribution in [-0.4, -0.2) is 36.7 Å². The molecule has 0 spiro atoms. The van der Waals surface area contributed by atoms with Crippen molar-refractivity contribution in [3.63, 3.8) is 0 Å². The average molecular weight is 259 g/mol. The predicted molar refractivity (Wildman–Crippen MR) is 69.5 cm³/mol. The topological polar surface area (TPSA) is 75.6 Å². The zero-order valence-electron chi connectivity index (χ0n) is 11.2. The van der Waals surface area contributed by atoms with E-state index in [0.29, 0.717) is 13.0 Å². The average Bonchev–Trinajstić information content (AvgIpc) is 2.33. The fourth-order valence-corrected chi connectivity index (χ4v) is 1.58. The SMILES string of the molecule is CCCCCCCCC(=O)NCCOCC(=O)O. The molecule has 0 aliphatic heterocycles. The van der Waals surface area contributed by atoms with E-state index in [1.54, 1.807) is 0 Å². The Labute approximate surface area is 109 Å². The molecule has 0 bridgehead atoms. The molecule has 0 saturated carbocycles. The number of amides is 1. The lowest BCUT2D eigenvalue weighted by Gasteiger charge is -2.05. The van der Waals surface area contributed by atoms with Gasteiger partial charge >= 0.3 is 5.97 Å². The second-order valence-corrected chi connectivity index (χ2v) is 4.31. The van der Waals surface area contributed by atoms with E-state index in [-0.39, 0.29) is 19.1 Å². The van der Waals surface area contributed by atoms with Crippen LogP contribution in [0.5, 0.6) is 0 Å². The van der Waals surface area contributed by atoms with Crippen molar-refractivity contribution in [2.75, 3.05) is 19.8 Å². The summed E-state index contributed by atoms with van der Waals surface area (Å²) in [5.41, 5.74) is 0. The highest BCUT2D eigenvalue weighted by atomic mass is 16.5. The van der Waals surface area contributed by atoms with Crippen LogP contribution in [0, 0.1) is 0 Å². The summed E-state index contributed by atoms with van der Waals surface area (Å²) in [5.74, 6) is -0.974. The van der Waals surface area contributed by atoms with Crippen LogP contribution in [0.15, 0.2) is 0 Å². The van der Waals surface area contributed by atoms with Gasteiger partial charge in [-0.2, -0.15) is 0 Å². The molecule has 0 unspecified atom stereocenters. The normalized spacial score (nSPS) is 10.3. The number of carbonyl (C=O) groups is 2. The molecule has 5 heteroatoms. The zero-order valence-corrected chi connectivity index (χ0v) is 11.2. The van der Waals surface area contributed by atoms with Gasteiger partial charge in [-0.25, -0.2) is 4.79 Å². The van der Waals surface area contributed by atoms with Crippen LogP contribution < -0.4 is 5.32 Å². The minimum absolute atomic E-state index is 0.0180. The third kappa shape index (κ3) is 13.0. The van der Waals surface area contributed by atoms with Gasteiger partial charge in [-0.1, -0.05) is 39.0 Å². The largest absolute Gasteiger partial charge is 0.480 e. The molecule has 0 radical (unpaired) electrons. The second kappa shape index (κ2) is 12.4. The first-order valence-electron chi connectivity index (χ1n) is 6.73. The quantitative estimate of drug-likeness (QED) is 0.525. The van der Waals surface area contributed by atoms with Gasteiger partial charge in [0.25, 0.3) is 0 Å². The fourth-order valence-electron chi connectivity index (χ4n) is 1.58. The van der Waals surface area contributed by atoms with Crippen molar-refractivity contribution < 1.29 is 19.4 Å². The lowest BCUT2D eigenvalue weighted by molar-refractivity contribution is -0.142. The van der Waals surface area contributed by atoms with Gasteiger partial charge in [0.1, 0.15) is 6.61 Å².